The van der Waals surface area contributed by atoms with Gasteiger partial charge in [0.25, 0.3) is 0 Å². The quantitative estimate of drug-likeness (QED) is 0.359. The van der Waals surface area contributed by atoms with E-state index in [2.05, 4.69) is 14.7 Å². The fourth-order valence-corrected chi connectivity index (χ4v) is 3.61. The minimum absolute atomic E-state index is 0.0601. The maximum absolute atomic E-state index is 13.6. The zero-order valence-electron chi connectivity index (χ0n) is 16.9. The topological polar surface area (TPSA) is 37.6 Å². The first-order valence-electron chi connectivity index (χ1n) is 10.1. The lowest BCUT2D eigenvalue weighted by Crippen LogP contribution is -2.25. The summed E-state index contributed by atoms with van der Waals surface area (Å²) in [6.07, 6.45) is 5.62. The molecular weight excluding hydrogens is 396 g/mol. The Morgan fingerprint density at radius 2 is 1.81 bits per heavy atom. The number of hydrogen-bond donors (Lipinski definition) is 0. The normalized spacial score (nSPS) is 13.2. The summed E-state index contributed by atoms with van der Waals surface area (Å²) in [6, 6.07) is 13.3. The standard InChI is InChI=1S/C25H21F2N3O/c1-28-21-4-2-3-17(10-21)12-25(31)20-9-19(13-29-14-20)16-30(22-6-7-22)15-18-5-8-23(26)24(27)11-18/h2-5,8-11,13-14,22H,6-7,12,15-16H2. The smallest absolute Gasteiger partial charge is 0.187 e. The molecule has 0 unspecified atom stereocenters. The van der Waals surface area contributed by atoms with E-state index in [0.29, 0.717) is 35.9 Å². The molecule has 4 rings (SSSR count). The average Bonchev–Trinajstić information content (AvgIpc) is 3.62. The number of rotatable bonds is 8. The van der Waals surface area contributed by atoms with Gasteiger partial charge in [0.2, 0.25) is 0 Å². The summed E-state index contributed by atoms with van der Waals surface area (Å²) in [6.45, 7) is 8.19. The van der Waals surface area contributed by atoms with Crippen molar-refractivity contribution in [2.75, 3.05) is 0 Å². The van der Waals surface area contributed by atoms with E-state index in [4.69, 9.17) is 6.57 Å². The zero-order chi connectivity index (χ0) is 21.8. The second kappa shape index (κ2) is 9.15. The van der Waals surface area contributed by atoms with Crippen LogP contribution in [0.1, 0.15) is 39.9 Å². The van der Waals surface area contributed by atoms with Crippen LogP contribution in [0.2, 0.25) is 0 Å². The van der Waals surface area contributed by atoms with E-state index in [9.17, 15) is 13.6 Å². The van der Waals surface area contributed by atoms with Crippen molar-refractivity contribution < 1.29 is 13.6 Å². The van der Waals surface area contributed by atoms with Crippen molar-refractivity contribution in [2.45, 2.75) is 38.4 Å². The Morgan fingerprint density at radius 3 is 2.55 bits per heavy atom. The van der Waals surface area contributed by atoms with E-state index >= 15 is 0 Å². The molecule has 156 valence electrons. The minimum atomic E-state index is -0.848. The predicted octanol–water partition coefficient (Wildman–Crippen LogP) is 5.50. The summed E-state index contributed by atoms with van der Waals surface area (Å²) >= 11 is 0. The molecule has 6 heteroatoms. The van der Waals surface area contributed by atoms with Gasteiger partial charge in [-0.05, 0) is 42.2 Å². The molecule has 0 atom stereocenters. The van der Waals surface area contributed by atoms with Crippen LogP contribution in [0.4, 0.5) is 14.5 Å². The van der Waals surface area contributed by atoms with Gasteiger partial charge >= 0.3 is 0 Å². The second-order valence-corrected chi connectivity index (χ2v) is 7.85. The van der Waals surface area contributed by atoms with E-state index < -0.39 is 11.6 Å². The molecule has 0 spiro atoms. The first-order chi connectivity index (χ1) is 15.0. The fraction of sp³-hybridized carbons (Fsp3) is 0.240. The Bertz CT molecular complexity index is 1150. The molecule has 31 heavy (non-hydrogen) atoms. The van der Waals surface area contributed by atoms with E-state index in [0.717, 1.165) is 30.0 Å². The van der Waals surface area contributed by atoms with Gasteiger partial charge in [0, 0.05) is 43.5 Å². The summed E-state index contributed by atoms with van der Waals surface area (Å²) in [5, 5.41) is 0. The summed E-state index contributed by atoms with van der Waals surface area (Å²) < 4.78 is 26.8. The van der Waals surface area contributed by atoms with Crippen molar-refractivity contribution in [1.82, 2.24) is 9.88 Å². The summed E-state index contributed by atoms with van der Waals surface area (Å²) in [7, 11) is 0. The molecule has 1 heterocycles. The lowest BCUT2D eigenvalue weighted by atomic mass is 10.0. The maximum atomic E-state index is 13.6. The highest BCUT2D eigenvalue weighted by molar-refractivity contribution is 5.97. The molecule has 4 nitrogen and oxygen atoms in total. The third kappa shape index (κ3) is 5.39. The zero-order valence-corrected chi connectivity index (χ0v) is 16.9. The molecule has 1 saturated carbocycles. The largest absolute Gasteiger partial charge is 0.294 e. The van der Waals surface area contributed by atoms with Crippen LogP contribution >= 0.6 is 0 Å². The van der Waals surface area contributed by atoms with Crippen LogP contribution < -0.4 is 0 Å². The fourth-order valence-electron chi connectivity index (χ4n) is 3.61. The van der Waals surface area contributed by atoms with Crippen molar-refractivity contribution in [3.8, 4) is 0 Å². The van der Waals surface area contributed by atoms with Crippen molar-refractivity contribution in [3.63, 3.8) is 0 Å². The van der Waals surface area contributed by atoms with E-state index in [1.54, 1.807) is 36.7 Å². The van der Waals surface area contributed by atoms with Crippen LogP contribution in [-0.2, 0) is 19.5 Å². The molecule has 2 aromatic carbocycles. The number of hydrogen-bond acceptors (Lipinski definition) is 3. The van der Waals surface area contributed by atoms with Gasteiger partial charge in [-0.25, -0.2) is 13.6 Å². The second-order valence-electron chi connectivity index (χ2n) is 7.85. The number of halogens is 2. The monoisotopic (exact) mass is 417 g/mol. The van der Waals surface area contributed by atoms with Crippen LogP contribution in [0.25, 0.3) is 4.85 Å². The molecule has 3 aromatic rings. The van der Waals surface area contributed by atoms with Gasteiger partial charge in [0.15, 0.2) is 23.1 Å². The Kier molecular flexibility index (Phi) is 6.15. The number of carbonyl (C=O) groups is 1. The highest BCUT2D eigenvalue weighted by Gasteiger charge is 2.29. The number of pyridine rings is 1. The van der Waals surface area contributed by atoms with Gasteiger partial charge in [0.1, 0.15) is 0 Å². The summed E-state index contributed by atoms with van der Waals surface area (Å²) in [5.41, 5.74) is 3.44. The van der Waals surface area contributed by atoms with Gasteiger partial charge in [-0.1, -0.05) is 35.9 Å². The molecule has 1 aromatic heterocycles. The van der Waals surface area contributed by atoms with Gasteiger partial charge in [-0.2, -0.15) is 0 Å². The lowest BCUT2D eigenvalue weighted by molar-refractivity contribution is 0.0992. The van der Waals surface area contributed by atoms with Crippen LogP contribution in [0, 0.1) is 18.2 Å². The van der Waals surface area contributed by atoms with E-state index in [1.807, 2.05) is 12.1 Å². The third-order valence-electron chi connectivity index (χ3n) is 5.34. The van der Waals surface area contributed by atoms with Gasteiger partial charge in [0.05, 0.1) is 6.57 Å². The number of Topliss-reactive ketones (excluding diaryl/α,β-unsaturated/α-hetero) is 1. The maximum Gasteiger partial charge on any atom is 0.187 e. The molecule has 1 fully saturated rings. The number of ketones is 1. The Hall–Kier alpha value is -3.43. The molecule has 0 bridgehead atoms. The number of carbonyl (C=O) groups excluding carboxylic acids is 1. The number of aromatic nitrogens is 1. The highest BCUT2D eigenvalue weighted by atomic mass is 19.2. The van der Waals surface area contributed by atoms with Gasteiger partial charge in [-0.15, -0.1) is 0 Å². The lowest BCUT2D eigenvalue weighted by Gasteiger charge is -2.22. The summed E-state index contributed by atoms with van der Waals surface area (Å²) in [5.74, 6) is -1.75. The third-order valence-corrected chi connectivity index (χ3v) is 5.34. The van der Waals surface area contributed by atoms with Crippen LogP contribution in [0.3, 0.4) is 0 Å². The van der Waals surface area contributed by atoms with E-state index in [-0.39, 0.29) is 12.2 Å². The number of benzene rings is 2. The summed E-state index contributed by atoms with van der Waals surface area (Å²) in [4.78, 5) is 22.6. The Morgan fingerprint density at radius 1 is 1.00 bits per heavy atom. The van der Waals surface area contributed by atoms with Crippen molar-refractivity contribution >= 4 is 11.5 Å². The van der Waals surface area contributed by atoms with Crippen molar-refractivity contribution in [3.05, 3.63) is 106 Å². The SMILES string of the molecule is [C-]#[N+]c1cccc(CC(=O)c2cncc(CN(Cc3ccc(F)c(F)c3)C3CC3)c2)c1. The predicted molar refractivity (Wildman–Crippen MR) is 114 cm³/mol. The Balaban J connectivity index is 1.46. The first-order valence-corrected chi connectivity index (χ1v) is 10.1. The molecular formula is C25H21F2N3O. The molecule has 0 saturated heterocycles. The highest BCUT2D eigenvalue weighted by Crippen LogP contribution is 2.30. The number of nitrogens with zero attached hydrogens (tertiary/aromatic N) is 3. The average molecular weight is 417 g/mol. The molecule has 1 aliphatic carbocycles. The van der Waals surface area contributed by atoms with Gasteiger partial charge in [-0.3, -0.25) is 14.7 Å². The van der Waals surface area contributed by atoms with Crippen molar-refractivity contribution in [2.24, 2.45) is 0 Å². The minimum Gasteiger partial charge on any atom is -0.294 e. The van der Waals surface area contributed by atoms with Gasteiger partial charge < -0.3 is 0 Å². The van der Waals surface area contributed by atoms with Crippen LogP contribution in [-0.4, -0.2) is 21.7 Å². The molecule has 1 aliphatic rings. The van der Waals surface area contributed by atoms with Crippen LogP contribution in [0.15, 0.2) is 60.9 Å². The van der Waals surface area contributed by atoms with Crippen LogP contribution in [0.5, 0.6) is 0 Å². The molecule has 0 N–H and O–H groups in total. The van der Waals surface area contributed by atoms with Crippen molar-refractivity contribution in [1.29, 1.82) is 0 Å². The first kappa shape index (κ1) is 20.8. The molecule has 0 aliphatic heterocycles. The molecule has 0 radical (unpaired) electrons. The molecule has 0 amide bonds. The van der Waals surface area contributed by atoms with E-state index in [1.165, 1.54) is 6.07 Å². The Labute approximate surface area is 180 Å².